The van der Waals surface area contributed by atoms with Crippen LogP contribution in [0.1, 0.15) is 5.89 Å². The van der Waals surface area contributed by atoms with Gasteiger partial charge in [-0.05, 0) is 36.4 Å². The van der Waals surface area contributed by atoms with Crippen LogP contribution in [0.4, 0.5) is 11.4 Å². The van der Waals surface area contributed by atoms with Crippen molar-refractivity contribution in [1.82, 2.24) is 10.1 Å². The lowest BCUT2D eigenvalue weighted by atomic mass is 10.2. The molecular formula is C19H19ClN5O3+. The summed E-state index contributed by atoms with van der Waals surface area (Å²) in [6.07, 6.45) is 0. The molecule has 0 amide bonds. The fourth-order valence-corrected chi connectivity index (χ4v) is 3.43. The minimum absolute atomic E-state index is 0.112. The smallest absolute Gasteiger partial charge is 0.282 e. The predicted octanol–water partition coefficient (Wildman–Crippen LogP) is 2.20. The molecule has 0 atom stereocenters. The van der Waals surface area contributed by atoms with E-state index in [9.17, 15) is 10.1 Å². The topological polar surface area (TPSA) is 89.7 Å². The molecular weight excluding hydrogens is 382 g/mol. The Bertz CT molecular complexity index is 950. The highest BCUT2D eigenvalue weighted by Gasteiger charge is 2.23. The molecule has 0 radical (unpaired) electrons. The molecule has 1 N–H and O–H groups in total. The van der Waals surface area contributed by atoms with Crippen molar-refractivity contribution in [2.45, 2.75) is 6.54 Å². The molecule has 0 aliphatic carbocycles. The SMILES string of the molecule is O=[N+]([O-])c1ccc(N2CC[NH+](Cc3nc(-c4ccc(Cl)cc4)no3)CC2)cc1. The minimum Gasteiger partial charge on any atom is -0.360 e. The fraction of sp³-hybridized carbons (Fsp3) is 0.263. The number of nitro benzene ring substituents is 1. The molecule has 1 aromatic heterocycles. The summed E-state index contributed by atoms with van der Waals surface area (Å²) in [5, 5.41) is 15.5. The van der Waals surface area contributed by atoms with Crippen molar-refractivity contribution in [2.24, 2.45) is 0 Å². The molecule has 2 aromatic carbocycles. The highest BCUT2D eigenvalue weighted by Crippen LogP contribution is 2.20. The molecule has 0 spiro atoms. The monoisotopic (exact) mass is 400 g/mol. The van der Waals surface area contributed by atoms with Crippen molar-refractivity contribution >= 4 is 23.0 Å². The van der Waals surface area contributed by atoms with Gasteiger partial charge in [0.15, 0.2) is 6.54 Å². The fourth-order valence-electron chi connectivity index (χ4n) is 3.30. The van der Waals surface area contributed by atoms with Crippen LogP contribution in [0, 0.1) is 10.1 Å². The predicted molar refractivity (Wildman–Crippen MR) is 104 cm³/mol. The summed E-state index contributed by atoms with van der Waals surface area (Å²) in [6.45, 7) is 4.26. The molecule has 1 saturated heterocycles. The Labute approximate surface area is 166 Å². The van der Waals surface area contributed by atoms with Gasteiger partial charge in [-0.2, -0.15) is 4.98 Å². The first-order valence-electron chi connectivity index (χ1n) is 9.00. The molecule has 28 heavy (non-hydrogen) atoms. The van der Waals surface area contributed by atoms with Gasteiger partial charge in [-0.25, -0.2) is 0 Å². The summed E-state index contributed by atoms with van der Waals surface area (Å²) in [5.74, 6) is 1.18. The molecule has 0 unspecified atom stereocenters. The molecule has 3 aromatic rings. The van der Waals surface area contributed by atoms with Gasteiger partial charge in [0.1, 0.15) is 0 Å². The Morgan fingerprint density at radius 1 is 1.11 bits per heavy atom. The molecule has 1 aliphatic rings. The summed E-state index contributed by atoms with van der Waals surface area (Å²) in [4.78, 5) is 18.5. The number of aromatic nitrogens is 2. The van der Waals surface area contributed by atoms with Crippen molar-refractivity contribution in [3.8, 4) is 11.4 Å². The van der Waals surface area contributed by atoms with Crippen molar-refractivity contribution in [3.63, 3.8) is 0 Å². The molecule has 1 fully saturated rings. The van der Waals surface area contributed by atoms with Crippen LogP contribution in [0.2, 0.25) is 5.02 Å². The second-order valence-electron chi connectivity index (χ2n) is 6.71. The van der Waals surface area contributed by atoms with E-state index in [1.54, 1.807) is 36.4 Å². The van der Waals surface area contributed by atoms with Gasteiger partial charge < -0.3 is 14.3 Å². The average Bonchev–Trinajstić information content (AvgIpc) is 3.18. The number of benzene rings is 2. The van der Waals surface area contributed by atoms with Crippen molar-refractivity contribution in [2.75, 3.05) is 31.1 Å². The lowest BCUT2D eigenvalue weighted by Gasteiger charge is -2.32. The van der Waals surface area contributed by atoms with Gasteiger partial charge in [-0.15, -0.1) is 0 Å². The number of nitrogens with zero attached hydrogens (tertiary/aromatic N) is 4. The van der Waals surface area contributed by atoms with Gasteiger partial charge in [0.2, 0.25) is 5.82 Å². The number of nitro groups is 1. The number of nitrogens with one attached hydrogen (secondary N) is 1. The third kappa shape index (κ3) is 4.13. The van der Waals surface area contributed by atoms with Gasteiger partial charge >= 0.3 is 0 Å². The molecule has 0 bridgehead atoms. The van der Waals surface area contributed by atoms with Crippen molar-refractivity contribution in [3.05, 3.63) is 69.6 Å². The zero-order valence-corrected chi connectivity index (χ0v) is 15.8. The van der Waals surface area contributed by atoms with Crippen LogP contribution in [0.15, 0.2) is 53.1 Å². The Morgan fingerprint density at radius 3 is 2.43 bits per heavy atom. The Kier molecular flexibility index (Phi) is 5.23. The summed E-state index contributed by atoms with van der Waals surface area (Å²) < 4.78 is 5.41. The molecule has 8 nitrogen and oxygen atoms in total. The number of hydrogen-bond donors (Lipinski definition) is 1. The number of halogens is 1. The summed E-state index contributed by atoms with van der Waals surface area (Å²) >= 11 is 5.91. The summed E-state index contributed by atoms with van der Waals surface area (Å²) in [6, 6.07) is 14.0. The number of rotatable bonds is 5. The maximum absolute atomic E-state index is 10.8. The maximum Gasteiger partial charge on any atom is 0.282 e. The van der Waals surface area contributed by atoms with Crippen LogP contribution < -0.4 is 9.80 Å². The lowest BCUT2D eigenvalue weighted by Crippen LogP contribution is -3.13. The third-order valence-electron chi connectivity index (χ3n) is 4.87. The van der Waals surface area contributed by atoms with Gasteiger partial charge in [-0.1, -0.05) is 16.8 Å². The average molecular weight is 401 g/mol. The number of hydrogen-bond acceptors (Lipinski definition) is 6. The van der Waals surface area contributed by atoms with E-state index in [-0.39, 0.29) is 10.6 Å². The molecule has 4 rings (SSSR count). The van der Waals surface area contributed by atoms with Crippen LogP contribution in [-0.2, 0) is 6.54 Å². The van der Waals surface area contributed by atoms with Gasteiger partial charge in [0.25, 0.3) is 11.6 Å². The van der Waals surface area contributed by atoms with E-state index in [0.29, 0.717) is 23.3 Å². The molecule has 0 saturated carbocycles. The van der Waals surface area contributed by atoms with E-state index in [2.05, 4.69) is 15.0 Å². The normalized spacial score (nSPS) is 15.0. The highest BCUT2D eigenvalue weighted by molar-refractivity contribution is 6.30. The first-order chi connectivity index (χ1) is 13.6. The maximum atomic E-state index is 10.8. The van der Waals surface area contributed by atoms with Crippen LogP contribution in [0.5, 0.6) is 0 Å². The van der Waals surface area contributed by atoms with Crippen molar-refractivity contribution in [1.29, 1.82) is 0 Å². The van der Waals surface area contributed by atoms with Gasteiger partial charge in [-0.3, -0.25) is 10.1 Å². The molecule has 9 heteroatoms. The van der Waals surface area contributed by atoms with Crippen LogP contribution >= 0.6 is 11.6 Å². The standard InChI is InChI=1S/C19H18ClN5O3/c20-15-3-1-14(2-4-15)19-21-18(28-22-19)13-23-9-11-24(12-10-23)16-5-7-17(8-6-16)25(26)27/h1-8H,9-13H2/p+1. The van der Waals surface area contributed by atoms with E-state index in [0.717, 1.165) is 37.4 Å². The van der Waals surface area contributed by atoms with E-state index in [4.69, 9.17) is 16.1 Å². The van der Waals surface area contributed by atoms with E-state index in [1.807, 2.05) is 12.1 Å². The summed E-state index contributed by atoms with van der Waals surface area (Å²) in [7, 11) is 0. The van der Waals surface area contributed by atoms with Crippen molar-refractivity contribution < 1.29 is 14.3 Å². The number of anilines is 1. The minimum atomic E-state index is -0.380. The number of non-ortho nitro benzene ring substituents is 1. The third-order valence-corrected chi connectivity index (χ3v) is 5.12. The van der Waals surface area contributed by atoms with Crippen LogP contribution in [0.25, 0.3) is 11.4 Å². The number of quaternary nitrogens is 1. The first-order valence-corrected chi connectivity index (χ1v) is 9.38. The zero-order valence-electron chi connectivity index (χ0n) is 15.0. The van der Waals surface area contributed by atoms with Crippen LogP contribution in [0.3, 0.4) is 0 Å². The largest absolute Gasteiger partial charge is 0.360 e. The second kappa shape index (κ2) is 7.95. The lowest BCUT2D eigenvalue weighted by molar-refractivity contribution is -0.915. The second-order valence-corrected chi connectivity index (χ2v) is 7.14. The summed E-state index contributed by atoms with van der Waals surface area (Å²) in [5.41, 5.74) is 1.99. The first kappa shape index (κ1) is 18.4. The Hall–Kier alpha value is -2.97. The van der Waals surface area contributed by atoms with Gasteiger partial charge in [0.05, 0.1) is 31.1 Å². The van der Waals surface area contributed by atoms with E-state index < -0.39 is 0 Å². The zero-order chi connectivity index (χ0) is 19.5. The quantitative estimate of drug-likeness (QED) is 0.521. The Balaban J connectivity index is 1.33. The van der Waals surface area contributed by atoms with E-state index >= 15 is 0 Å². The number of piperazine rings is 1. The highest BCUT2D eigenvalue weighted by atomic mass is 35.5. The molecule has 144 valence electrons. The van der Waals surface area contributed by atoms with Crippen LogP contribution in [-0.4, -0.2) is 41.2 Å². The molecule has 2 heterocycles. The van der Waals surface area contributed by atoms with Gasteiger partial charge in [0, 0.05) is 28.4 Å². The van der Waals surface area contributed by atoms with E-state index in [1.165, 1.54) is 4.90 Å². The molecule has 1 aliphatic heterocycles. The Morgan fingerprint density at radius 2 is 1.79 bits per heavy atom.